The molecule has 0 unspecified atom stereocenters. The molecule has 3 N–H and O–H groups in total. The number of halogens is 2. The minimum Gasteiger partial charge on any atom is -0.495 e. The summed E-state index contributed by atoms with van der Waals surface area (Å²) in [4.78, 5) is 9.38. The maximum absolute atomic E-state index is 13.6. The van der Waals surface area contributed by atoms with E-state index in [1.54, 1.807) is 4.72 Å². The lowest BCUT2D eigenvalue weighted by molar-refractivity contribution is -0.146. The van der Waals surface area contributed by atoms with Gasteiger partial charge in [0.1, 0.15) is 17.4 Å². The van der Waals surface area contributed by atoms with Gasteiger partial charge in [0.2, 0.25) is 10.0 Å². The minimum atomic E-state index is -4.52. The summed E-state index contributed by atoms with van der Waals surface area (Å²) in [6, 6.07) is 0.996. The monoisotopic (exact) mass is 311 g/mol. The maximum atomic E-state index is 13.6. The van der Waals surface area contributed by atoms with Crippen LogP contribution in [0.3, 0.4) is 0 Å². The molecule has 0 aliphatic heterocycles. The summed E-state index contributed by atoms with van der Waals surface area (Å²) < 4.78 is 56.4. The van der Waals surface area contributed by atoms with Gasteiger partial charge in [-0.1, -0.05) is 0 Å². The van der Waals surface area contributed by atoms with E-state index in [1.165, 1.54) is 0 Å². The van der Waals surface area contributed by atoms with Crippen LogP contribution in [0.5, 0.6) is 5.75 Å². The van der Waals surface area contributed by atoms with E-state index in [0.717, 1.165) is 7.11 Å². The number of methoxy groups -OCH3 is 1. The van der Waals surface area contributed by atoms with Gasteiger partial charge in [0.15, 0.2) is 11.0 Å². The summed E-state index contributed by atoms with van der Waals surface area (Å²) in [5, 5.41) is 17.4. The highest BCUT2D eigenvalue weighted by Crippen LogP contribution is 2.27. The first kappa shape index (κ1) is 16.3. The Hall–Kier alpha value is -1.78. The van der Waals surface area contributed by atoms with Gasteiger partial charge in [-0.05, 0) is 0 Å². The topological polar surface area (TPSA) is 113 Å². The van der Waals surface area contributed by atoms with Gasteiger partial charge in [0, 0.05) is 18.7 Å². The van der Waals surface area contributed by atoms with Crippen molar-refractivity contribution in [3.8, 4) is 5.75 Å². The number of aliphatic carboxylic acids is 1. The van der Waals surface area contributed by atoms with Crippen LogP contribution in [0.25, 0.3) is 0 Å². The van der Waals surface area contributed by atoms with Crippen LogP contribution < -0.4 is 9.46 Å². The molecule has 0 aromatic heterocycles. The van der Waals surface area contributed by atoms with Crippen LogP contribution in [0.4, 0.5) is 8.78 Å². The molecule has 0 radical (unpaired) electrons. The van der Waals surface area contributed by atoms with Gasteiger partial charge >= 0.3 is 5.97 Å². The van der Waals surface area contributed by atoms with E-state index >= 15 is 0 Å². The molecule has 0 fully saturated rings. The van der Waals surface area contributed by atoms with Gasteiger partial charge in [-0.25, -0.2) is 26.7 Å². The largest absolute Gasteiger partial charge is 0.495 e. The first-order valence-corrected chi connectivity index (χ1v) is 6.61. The molecule has 0 saturated heterocycles. The third-order valence-electron chi connectivity index (χ3n) is 2.21. The lowest BCUT2D eigenvalue weighted by atomic mass is 10.3. The summed E-state index contributed by atoms with van der Waals surface area (Å²) >= 11 is 0. The molecule has 0 amide bonds. The Kier molecular flexibility index (Phi) is 4.98. The molecular formula is C10H11F2NO6S. The Labute approximate surface area is 112 Å². The molecule has 1 aromatic rings. The number of carboxylic acid groups (broad SMARTS) is 1. The van der Waals surface area contributed by atoms with Crippen LogP contribution in [0, 0.1) is 11.6 Å². The predicted octanol–water partition coefficient (Wildman–Crippen LogP) is -0.303. The lowest BCUT2D eigenvalue weighted by Gasteiger charge is -2.12. The highest BCUT2D eigenvalue weighted by molar-refractivity contribution is 7.89. The number of sulfonamides is 1. The number of rotatable bonds is 6. The lowest BCUT2D eigenvalue weighted by Crippen LogP contribution is -2.36. The minimum absolute atomic E-state index is 0.338. The molecule has 7 nitrogen and oxygen atoms in total. The molecule has 0 bridgehead atoms. The average molecular weight is 311 g/mol. The van der Waals surface area contributed by atoms with E-state index in [2.05, 4.69) is 4.74 Å². The fourth-order valence-electron chi connectivity index (χ4n) is 1.30. The van der Waals surface area contributed by atoms with Crippen molar-refractivity contribution in [3.05, 3.63) is 23.8 Å². The molecule has 20 heavy (non-hydrogen) atoms. The Balaban J connectivity index is 3.13. The number of hydrogen-bond donors (Lipinski definition) is 3. The van der Waals surface area contributed by atoms with Gasteiger partial charge in [-0.2, -0.15) is 0 Å². The van der Waals surface area contributed by atoms with E-state index in [0.29, 0.717) is 12.1 Å². The normalized spacial score (nSPS) is 13.0. The van der Waals surface area contributed by atoms with Gasteiger partial charge in [-0.3, -0.25) is 0 Å². The summed E-state index contributed by atoms with van der Waals surface area (Å²) in [7, 11) is -3.51. The summed E-state index contributed by atoms with van der Waals surface area (Å²) in [6.07, 6.45) is -2.00. The zero-order chi connectivity index (χ0) is 15.5. The molecule has 10 heteroatoms. The van der Waals surface area contributed by atoms with E-state index in [-0.39, 0.29) is 0 Å². The third kappa shape index (κ3) is 3.62. The van der Waals surface area contributed by atoms with Crippen molar-refractivity contribution >= 4 is 16.0 Å². The second-order valence-electron chi connectivity index (χ2n) is 3.62. The number of hydrogen-bond acceptors (Lipinski definition) is 5. The maximum Gasteiger partial charge on any atom is 0.333 e. The average Bonchev–Trinajstić information content (AvgIpc) is 2.34. The summed E-state index contributed by atoms with van der Waals surface area (Å²) in [5.41, 5.74) is 0. The standard InChI is InChI=1S/C10H11F2NO6S/c1-19-8-3-5(11)2-6(12)9(8)20(17,18)13-4-7(14)10(15)16/h2-3,7,13-14H,4H2,1H3,(H,15,16)/t7-/m0/s1. The van der Waals surface area contributed by atoms with Gasteiger partial charge in [0.25, 0.3) is 0 Å². The highest BCUT2D eigenvalue weighted by Gasteiger charge is 2.27. The molecule has 0 saturated carbocycles. The SMILES string of the molecule is COc1cc(F)cc(F)c1S(=O)(=O)NC[C@H](O)C(=O)O. The predicted molar refractivity (Wildman–Crippen MR) is 61.7 cm³/mol. The number of carboxylic acids is 1. The van der Waals surface area contributed by atoms with Crippen molar-refractivity contribution in [3.63, 3.8) is 0 Å². The molecule has 0 aliphatic rings. The van der Waals surface area contributed by atoms with Crippen molar-refractivity contribution in [2.24, 2.45) is 0 Å². The number of carbonyl (C=O) groups is 1. The summed E-state index contributed by atoms with van der Waals surface area (Å²) in [5.74, 6) is -4.68. The van der Waals surface area contributed by atoms with Crippen molar-refractivity contribution < 1.29 is 36.9 Å². The van der Waals surface area contributed by atoms with Gasteiger partial charge in [-0.15, -0.1) is 0 Å². The smallest absolute Gasteiger partial charge is 0.333 e. The Bertz CT molecular complexity index is 618. The van der Waals surface area contributed by atoms with Crippen molar-refractivity contribution in [2.75, 3.05) is 13.7 Å². The molecule has 1 atom stereocenters. The second-order valence-corrected chi connectivity index (χ2v) is 5.33. The summed E-state index contributed by atoms with van der Waals surface area (Å²) in [6.45, 7) is -0.877. The second kappa shape index (κ2) is 6.11. The van der Waals surface area contributed by atoms with Crippen LogP contribution in [0.2, 0.25) is 0 Å². The van der Waals surface area contributed by atoms with Gasteiger partial charge < -0.3 is 14.9 Å². The highest BCUT2D eigenvalue weighted by atomic mass is 32.2. The first-order chi connectivity index (χ1) is 9.19. The van der Waals surface area contributed by atoms with E-state index in [4.69, 9.17) is 10.2 Å². The molecule has 1 rings (SSSR count). The van der Waals surface area contributed by atoms with Crippen LogP contribution in [0.15, 0.2) is 17.0 Å². The molecular weight excluding hydrogens is 300 g/mol. The Morgan fingerprint density at radius 1 is 1.45 bits per heavy atom. The number of aliphatic hydroxyl groups is 1. The van der Waals surface area contributed by atoms with Crippen molar-refractivity contribution in [1.82, 2.24) is 4.72 Å². The number of ether oxygens (including phenoxy) is 1. The molecule has 112 valence electrons. The molecule has 0 spiro atoms. The molecule has 1 aromatic carbocycles. The first-order valence-electron chi connectivity index (χ1n) is 5.12. The van der Waals surface area contributed by atoms with Crippen LogP contribution in [0.1, 0.15) is 0 Å². The van der Waals surface area contributed by atoms with Crippen LogP contribution >= 0.6 is 0 Å². The fourth-order valence-corrected chi connectivity index (χ4v) is 2.54. The van der Waals surface area contributed by atoms with E-state index in [9.17, 15) is 22.0 Å². The quantitative estimate of drug-likeness (QED) is 0.664. The fraction of sp³-hybridized carbons (Fsp3) is 0.300. The van der Waals surface area contributed by atoms with Gasteiger partial charge in [0.05, 0.1) is 7.11 Å². The molecule has 0 heterocycles. The number of nitrogens with one attached hydrogen (secondary N) is 1. The number of aliphatic hydroxyl groups excluding tert-OH is 1. The third-order valence-corrected chi connectivity index (χ3v) is 3.70. The molecule has 0 aliphatic carbocycles. The Morgan fingerprint density at radius 3 is 2.55 bits per heavy atom. The number of benzene rings is 1. The van der Waals surface area contributed by atoms with Crippen LogP contribution in [-0.4, -0.2) is 44.4 Å². The van der Waals surface area contributed by atoms with E-state index in [1.807, 2.05) is 0 Å². The van der Waals surface area contributed by atoms with Crippen molar-refractivity contribution in [2.45, 2.75) is 11.0 Å². The Morgan fingerprint density at radius 2 is 2.05 bits per heavy atom. The zero-order valence-electron chi connectivity index (χ0n) is 10.1. The van der Waals surface area contributed by atoms with Crippen molar-refractivity contribution in [1.29, 1.82) is 0 Å². The zero-order valence-corrected chi connectivity index (χ0v) is 10.9. The van der Waals surface area contributed by atoms with Crippen LogP contribution in [-0.2, 0) is 14.8 Å². The van der Waals surface area contributed by atoms with E-state index < -0.39 is 50.9 Å².